The highest BCUT2D eigenvalue weighted by Gasteiger charge is 2.22. The van der Waals surface area contributed by atoms with Crippen molar-refractivity contribution < 1.29 is 35.8 Å². The van der Waals surface area contributed by atoms with Crippen LogP contribution in [-0.4, -0.2) is 18.2 Å². The molecule has 3 nitrogen and oxygen atoms in total. The Morgan fingerprint density at radius 3 is 2.50 bits per heavy atom. The molecule has 2 aromatic carbocycles. The zero-order chi connectivity index (χ0) is 13.0. The van der Waals surface area contributed by atoms with Crippen molar-refractivity contribution in [1.82, 2.24) is 0 Å². The number of ether oxygens (including phenoxy) is 1. The third kappa shape index (κ3) is 3.01. The number of aromatic carboxylic acids is 1. The van der Waals surface area contributed by atoms with Crippen LogP contribution in [0, 0.1) is 7.14 Å². The fraction of sp³-hybridized carbons (Fsp3) is 0.0714. The van der Waals surface area contributed by atoms with Crippen molar-refractivity contribution in [1.29, 1.82) is 0 Å². The van der Waals surface area contributed by atoms with Crippen LogP contribution in [0.1, 0.15) is 10.4 Å². The molecule has 0 aromatic heterocycles. The first-order valence-corrected chi connectivity index (χ1v) is 7.47. The maximum Gasteiger partial charge on any atom is 0.362 e. The minimum atomic E-state index is -0.907. The first kappa shape index (κ1) is 12.9. The van der Waals surface area contributed by atoms with E-state index in [1.807, 2.05) is 18.2 Å². The van der Waals surface area contributed by atoms with Crippen molar-refractivity contribution >= 4 is 5.97 Å². The minimum Gasteiger partial charge on any atom is -0.492 e. The summed E-state index contributed by atoms with van der Waals surface area (Å²) in [6, 6.07) is 15.1. The molecule has 0 saturated carbocycles. The fourth-order valence-electron chi connectivity index (χ4n) is 1.47. The third-order valence-electron chi connectivity index (χ3n) is 2.34. The molecule has 0 atom stereocenters. The van der Waals surface area contributed by atoms with Crippen LogP contribution in [0.4, 0.5) is 0 Å². The molecule has 1 N–H and O–H groups in total. The number of rotatable bonds is 4. The standard InChI is InChI=1S/C14H11IO3/c1-18-13-8-7-10(14(16)17)9-12(13)15-11-5-3-2-4-6-11/h2-9H,1H3/p+1. The molecule has 0 radical (unpaired) electrons. The van der Waals surface area contributed by atoms with Gasteiger partial charge in [0.2, 0.25) is 3.57 Å². The van der Waals surface area contributed by atoms with Gasteiger partial charge in [0.05, 0.1) is 12.7 Å². The highest BCUT2D eigenvalue weighted by molar-refractivity contribution is 5.87. The molecular formula is C14H12IO3+. The molecule has 0 heterocycles. The van der Waals surface area contributed by atoms with E-state index in [2.05, 4.69) is 12.1 Å². The van der Waals surface area contributed by atoms with Gasteiger partial charge in [0, 0.05) is 6.07 Å². The predicted molar refractivity (Wildman–Crippen MR) is 63.8 cm³/mol. The van der Waals surface area contributed by atoms with Crippen LogP contribution >= 0.6 is 0 Å². The summed E-state index contributed by atoms with van der Waals surface area (Å²) in [6.45, 7) is 0. The van der Waals surface area contributed by atoms with Gasteiger partial charge < -0.3 is 9.84 Å². The molecule has 0 bridgehead atoms. The lowest BCUT2D eigenvalue weighted by Crippen LogP contribution is -3.61. The van der Waals surface area contributed by atoms with Crippen molar-refractivity contribution in [3.63, 3.8) is 0 Å². The highest BCUT2D eigenvalue weighted by Crippen LogP contribution is 2.11. The van der Waals surface area contributed by atoms with Gasteiger partial charge in [-0.1, -0.05) is 18.2 Å². The molecule has 0 unspecified atom stereocenters. The van der Waals surface area contributed by atoms with E-state index in [-0.39, 0.29) is 0 Å². The first-order chi connectivity index (χ1) is 8.70. The lowest BCUT2D eigenvalue weighted by atomic mass is 10.2. The summed E-state index contributed by atoms with van der Waals surface area (Å²) < 4.78 is 7.51. The monoisotopic (exact) mass is 355 g/mol. The second-order valence-electron chi connectivity index (χ2n) is 3.54. The number of hydrogen-bond acceptors (Lipinski definition) is 2. The van der Waals surface area contributed by atoms with Crippen LogP contribution in [0.3, 0.4) is 0 Å². The molecular weight excluding hydrogens is 343 g/mol. The smallest absolute Gasteiger partial charge is 0.362 e. The Hall–Kier alpha value is -1.56. The van der Waals surface area contributed by atoms with Crippen molar-refractivity contribution in [3.8, 4) is 5.75 Å². The number of hydrogen-bond donors (Lipinski definition) is 1. The van der Waals surface area contributed by atoms with E-state index in [0.29, 0.717) is 5.56 Å². The zero-order valence-electron chi connectivity index (χ0n) is 9.76. The summed E-state index contributed by atoms with van der Waals surface area (Å²) in [7, 11) is 1.61. The van der Waals surface area contributed by atoms with Gasteiger partial charge in [-0.2, -0.15) is 0 Å². The fourth-order valence-corrected chi connectivity index (χ4v) is 4.07. The van der Waals surface area contributed by atoms with E-state index in [1.54, 1.807) is 25.3 Å². The van der Waals surface area contributed by atoms with Gasteiger partial charge in [0.1, 0.15) is 0 Å². The average Bonchev–Trinajstić information content (AvgIpc) is 2.39. The van der Waals surface area contributed by atoms with E-state index < -0.39 is 27.2 Å². The summed E-state index contributed by atoms with van der Waals surface area (Å²) in [5.74, 6) is -0.146. The van der Waals surface area contributed by atoms with Gasteiger partial charge in [0.15, 0.2) is 9.32 Å². The van der Waals surface area contributed by atoms with E-state index in [9.17, 15) is 4.79 Å². The maximum absolute atomic E-state index is 11.0. The summed E-state index contributed by atoms with van der Waals surface area (Å²) in [5, 5.41) is 9.01. The van der Waals surface area contributed by atoms with Gasteiger partial charge in [-0.3, -0.25) is 0 Å². The maximum atomic E-state index is 11.0. The molecule has 0 amide bonds. The summed E-state index contributed by atoms with van der Waals surface area (Å²) >= 11 is -0.430. The first-order valence-electron chi connectivity index (χ1n) is 5.32. The summed E-state index contributed by atoms with van der Waals surface area (Å²) in [6.07, 6.45) is 0. The Morgan fingerprint density at radius 1 is 1.17 bits per heavy atom. The lowest BCUT2D eigenvalue weighted by molar-refractivity contribution is -0.598. The minimum absolute atomic E-state index is 0.307. The molecule has 2 rings (SSSR count). The van der Waals surface area contributed by atoms with Crippen LogP contribution < -0.4 is 25.9 Å². The Bertz CT molecular complexity index is 552. The van der Waals surface area contributed by atoms with E-state index in [1.165, 1.54) is 3.57 Å². The summed E-state index contributed by atoms with van der Waals surface area (Å²) in [4.78, 5) is 11.0. The third-order valence-corrected chi connectivity index (χ3v) is 5.11. The molecule has 0 spiro atoms. The number of halogens is 1. The Kier molecular flexibility index (Phi) is 4.19. The van der Waals surface area contributed by atoms with Crippen LogP contribution in [0.2, 0.25) is 0 Å². The van der Waals surface area contributed by atoms with E-state index in [0.717, 1.165) is 9.32 Å². The molecule has 18 heavy (non-hydrogen) atoms. The van der Waals surface area contributed by atoms with Crippen molar-refractivity contribution in [2.45, 2.75) is 0 Å². The van der Waals surface area contributed by atoms with Gasteiger partial charge in [-0.25, -0.2) is 4.79 Å². The SMILES string of the molecule is COc1ccc(C(=O)O)cc1[I+]c1ccccc1. The quantitative estimate of drug-likeness (QED) is 0.754. The molecule has 0 aliphatic carbocycles. The second kappa shape index (κ2) is 5.86. The van der Waals surface area contributed by atoms with Crippen LogP contribution in [0.5, 0.6) is 5.75 Å². The largest absolute Gasteiger partial charge is 0.492 e. The Balaban J connectivity index is 2.35. The van der Waals surface area contributed by atoms with E-state index >= 15 is 0 Å². The molecule has 2 aromatic rings. The van der Waals surface area contributed by atoms with E-state index in [4.69, 9.17) is 9.84 Å². The topological polar surface area (TPSA) is 46.5 Å². The number of methoxy groups -OCH3 is 1. The van der Waals surface area contributed by atoms with Crippen LogP contribution in [0.25, 0.3) is 0 Å². The summed E-state index contributed by atoms with van der Waals surface area (Å²) in [5.41, 5.74) is 0.307. The van der Waals surface area contributed by atoms with Gasteiger partial charge >= 0.3 is 27.2 Å². The molecule has 0 saturated heterocycles. The van der Waals surface area contributed by atoms with Crippen molar-refractivity contribution in [2.75, 3.05) is 7.11 Å². The van der Waals surface area contributed by atoms with Gasteiger partial charge in [-0.05, 0) is 24.3 Å². The van der Waals surface area contributed by atoms with Gasteiger partial charge in [0.25, 0.3) is 0 Å². The van der Waals surface area contributed by atoms with Gasteiger partial charge in [-0.15, -0.1) is 0 Å². The molecule has 0 aliphatic heterocycles. The van der Waals surface area contributed by atoms with Crippen molar-refractivity contribution in [2.24, 2.45) is 0 Å². The number of benzene rings is 2. The molecule has 4 heteroatoms. The zero-order valence-corrected chi connectivity index (χ0v) is 11.9. The highest BCUT2D eigenvalue weighted by atomic mass is 127. The van der Waals surface area contributed by atoms with Crippen molar-refractivity contribution in [3.05, 3.63) is 61.2 Å². The number of carbonyl (C=O) groups is 1. The van der Waals surface area contributed by atoms with Crippen LogP contribution in [-0.2, 0) is 0 Å². The molecule has 92 valence electrons. The van der Waals surface area contributed by atoms with Crippen LogP contribution in [0.15, 0.2) is 48.5 Å². The Labute approximate surface area is 116 Å². The number of carboxylic acids is 1. The normalized spacial score (nSPS) is 10.1. The Morgan fingerprint density at radius 2 is 1.89 bits per heavy atom. The lowest BCUT2D eigenvalue weighted by Gasteiger charge is -2.00. The molecule has 0 fully saturated rings. The molecule has 0 aliphatic rings. The average molecular weight is 355 g/mol. The second-order valence-corrected chi connectivity index (χ2v) is 6.49. The predicted octanol–water partition coefficient (Wildman–Crippen LogP) is -0.478. The number of carboxylic acid groups (broad SMARTS) is 1.